The molecule has 1 N–H and O–H groups in total. The Morgan fingerprint density at radius 1 is 1.18 bits per heavy atom. The number of halogens is 2. The second kappa shape index (κ2) is 6.93. The van der Waals surface area contributed by atoms with Crippen LogP contribution < -0.4 is 4.72 Å². The highest BCUT2D eigenvalue weighted by Crippen LogP contribution is 2.41. The largest absolute Gasteiger partial charge is 0.467 e. The van der Waals surface area contributed by atoms with Crippen LogP contribution >= 0.6 is 0 Å². The molecule has 2 aliphatic rings. The molecular formula is C18H23BF2N2O4S. The lowest BCUT2D eigenvalue weighted by Gasteiger charge is -2.32. The fraction of sp³-hybridized carbons (Fsp3) is 0.500. The van der Waals surface area contributed by atoms with E-state index in [1.54, 1.807) is 13.0 Å². The normalized spacial score (nSPS) is 24.0. The number of dihydropyridines is 1. The van der Waals surface area contributed by atoms with Gasteiger partial charge in [-0.1, -0.05) is 6.08 Å². The van der Waals surface area contributed by atoms with Gasteiger partial charge in [0, 0.05) is 18.4 Å². The summed E-state index contributed by atoms with van der Waals surface area (Å²) in [4.78, 5) is 3.72. The van der Waals surface area contributed by atoms with Gasteiger partial charge >= 0.3 is 7.12 Å². The Balaban J connectivity index is 1.85. The number of aliphatic imine (C=N–C) groups is 1. The number of hydrogen-bond acceptors (Lipinski definition) is 5. The number of nitrogens with zero attached hydrogens (tertiary/aromatic N) is 1. The number of allylic oxidation sites excluding steroid dienone is 1. The molecule has 1 unspecified atom stereocenters. The van der Waals surface area contributed by atoms with Crippen LogP contribution in [0.15, 0.2) is 39.9 Å². The Bertz CT molecular complexity index is 944. The third-order valence-corrected chi connectivity index (χ3v) is 6.76. The van der Waals surface area contributed by atoms with Gasteiger partial charge in [-0.05, 0) is 46.8 Å². The van der Waals surface area contributed by atoms with E-state index in [4.69, 9.17) is 9.31 Å². The second-order valence-electron chi connectivity index (χ2n) is 7.98. The topological polar surface area (TPSA) is 77.0 Å². The van der Waals surface area contributed by atoms with Gasteiger partial charge in [0.2, 0.25) is 0 Å². The lowest BCUT2D eigenvalue weighted by molar-refractivity contribution is 0.00578. The molecule has 0 aliphatic carbocycles. The Kier molecular flexibility index (Phi) is 5.18. The van der Waals surface area contributed by atoms with Crippen LogP contribution in [0.1, 0.15) is 34.6 Å². The van der Waals surface area contributed by atoms with Crippen LogP contribution in [0.2, 0.25) is 5.82 Å². The zero-order valence-electron chi connectivity index (χ0n) is 16.4. The first-order valence-electron chi connectivity index (χ1n) is 8.89. The van der Waals surface area contributed by atoms with E-state index < -0.39 is 44.9 Å². The van der Waals surface area contributed by atoms with Gasteiger partial charge in [0.15, 0.2) is 0 Å². The van der Waals surface area contributed by atoms with Crippen LogP contribution in [0.4, 0.5) is 8.78 Å². The van der Waals surface area contributed by atoms with E-state index in [2.05, 4.69) is 9.71 Å². The molecule has 1 saturated heterocycles. The molecule has 2 heterocycles. The van der Waals surface area contributed by atoms with Crippen molar-refractivity contribution in [1.29, 1.82) is 0 Å². The number of rotatable bonds is 4. The fourth-order valence-corrected chi connectivity index (χ4v) is 4.12. The predicted octanol–water partition coefficient (Wildman–Crippen LogP) is 3.06. The van der Waals surface area contributed by atoms with Gasteiger partial charge in [0.1, 0.15) is 16.5 Å². The summed E-state index contributed by atoms with van der Waals surface area (Å²) in [6.45, 7) is 9.72. The molecule has 0 saturated carbocycles. The molecule has 0 spiro atoms. The maximum Gasteiger partial charge on any atom is 0.467 e. The maximum atomic E-state index is 13.9. The number of nitrogens with one attached hydrogen (secondary N) is 1. The average molecular weight is 412 g/mol. The number of hydrogen-bond donors (Lipinski definition) is 1. The molecule has 0 radical (unpaired) electrons. The third-order valence-electron chi connectivity index (χ3n) is 5.36. The van der Waals surface area contributed by atoms with Gasteiger partial charge in [-0.15, -0.1) is 0 Å². The SMILES string of the molecule is CC1=NCC(B2OC(C)(C)C(C)(C)O2)C=C1NS(=O)(=O)c1ccc(F)cc1F. The highest BCUT2D eigenvalue weighted by molar-refractivity contribution is 7.89. The molecule has 1 aromatic rings. The maximum absolute atomic E-state index is 13.9. The molecule has 3 rings (SSSR count). The van der Waals surface area contributed by atoms with Crippen molar-refractivity contribution in [1.82, 2.24) is 4.72 Å². The van der Waals surface area contributed by atoms with Crippen molar-refractivity contribution in [2.45, 2.75) is 56.5 Å². The van der Waals surface area contributed by atoms with Crippen molar-refractivity contribution in [3.05, 3.63) is 41.6 Å². The van der Waals surface area contributed by atoms with Gasteiger partial charge < -0.3 is 9.31 Å². The molecule has 28 heavy (non-hydrogen) atoms. The van der Waals surface area contributed by atoms with Gasteiger partial charge in [-0.25, -0.2) is 17.2 Å². The van der Waals surface area contributed by atoms with Crippen molar-refractivity contribution in [3.63, 3.8) is 0 Å². The zero-order chi connectivity index (χ0) is 20.9. The van der Waals surface area contributed by atoms with E-state index in [-0.39, 0.29) is 11.5 Å². The molecule has 152 valence electrons. The summed E-state index contributed by atoms with van der Waals surface area (Å²) in [7, 11) is -4.85. The molecule has 1 aromatic carbocycles. The average Bonchev–Trinajstić information content (AvgIpc) is 2.77. The van der Waals surface area contributed by atoms with Crippen LogP contribution in [0, 0.1) is 11.6 Å². The van der Waals surface area contributed by atoms with E-state index >= 15 is 0 Å². The molecule has 0 amide bonds. The van der Waals surface area contributed by atoms with E-state index in [1.807, 2.05) is 27.7 Å². The summed E-state index contributed by atoms with van der Waals surface area (Å²) in [5.74, 6) is -2.34. The van der Waals surface area contributed by atoms with E-state index in [0.717, 1.165) is 12.1 Å². The quantitative estimate of drug-likeness (QED) is 0.772. The van der Waals surface area contributed by atoms with Gasteiger partial charge in [0.25, 0.3) is 10.0 Å². The van der Waals surface area contributed by atoms with Crippen molar-refractivity contribution in [3.8, 4) is 0 Å². The zero-order valence-corrected chi connectivity index (χ0v) is 17.2. The highest BCUT2D eigenvalue weighted by Gasteiger charge is 2.53. The Hall–Kier alpha value is -1.78. The van der Waals surface area contributed by atoms with Crippen LogP contribution in [0.25, 0.3) is 0 Å². The third kappa shape index (κ3) is 3.85. The summed E-state index contributed by atoms with van der Waals surface area (Å²) >= 11 is 0. The molecule has 0 bridgehead atoms. The highest BCUT2D eigenvalue weighted by atomic mass is 32.2. The molecule has 2 aliphatic heterocycles. The lowest BCUT2D eigenvalue weighted by Crippen LogP contribution is -2.41. The first-order chi connectivity index (χ1) is 12.8. The minimum Gasteiger partial charge on any atom is -0.403 e. The summed E-state index contributed by atoms with van der Waals surface area (Å²) in [5, 5.41) is 0. The van der Waals surface area contributed by atoms with Crippen LogP contribution in [-0.4, -0.2) is 39.0 Å². The van der Waals surface area contributed by atoms with E-state index in [0.29, 0.717) is 18.3 Å². The Labute approximate surface area is 164 Å². The van der Waals surface area contributed by atoms with Crippen molar-refractivity contribution < 1.29 is 26.5 Å². The molecular weight excluding hydrogens is 389 g/mol. The minimum absolute atomic E-state index is 0.217. The van der Waals surface area contributed by atoms with Crippen molar-refractivity contribution >= 4 is 22.9 Å². The Morgan fingerprint density at radius 2 is 1.79 bits per heavy atom. The van der Waals surface area contributed by atoms with Crippen LogP contribution in [0.3, 0.4) is 0 Å². The summed E-state index contributed by atoms with van der Waals surface area (Å²) < 4.78 is 66.6. The summed E-state index contributed by atoms with van der Waals surface area (Å²) in [5.41, 5.74) is -0.384. The molecule has 0 aromatic heterocycles. The fourth-order valence-electron chi connectivity index (χ4n) is 2.94. The lowest BCUT2D eigenvalue weighted by atomic mass is 9.70. The standard InChI is InChI=1S/C18H23BF2N2O4S/c1-11-15(23-28(24,25)16-7-6-13(20)9-14(16)21)8-12(10-22-11)19-26-17(2,3)18(4,5)27-19/h6-9,12,23H,10H2,1-5H3. The van der Waals surface area contributed by atoms with Crippen LogP contribution in [0.5, 0.6) is 0 Å². The predicted molar refractivity (Wildman–Crippen MR) is 103 cm³/mol. The summed E-state index contributed by atoms with van der Waals surface area (Å²) in [6.07, 6.45) is 1.67. The first-order valence-corrected chi connectivity index (χ1v) is 10.4. The Morgan fingerprint density at radius 3 is 2.36 bits per heavy atom. The number of benzene rings is 1. The van der Waals surface area contributed by atoms with Gasteiger partial charge in [-0.3, -0.25) is 9.71 Å². The minimum atomic E-state index is -4.26. The van der Waals surface area contributed by atoms with Crippen molar-refractivity contribution in [2.75, 3.05) is 6.54 Å². The molecule has 1 atom stereocenters. The first kappa shape index (κ1) is 20.9. The smallest absolute Gasteiger partial charge is 0.403 e. The number of sulfonamides is 1. The molecule has 1 fully saturated rings. The van der Waals surface area contributed by atoms with Gasteiger partial charge in [0.05, 0.1) is 22.6 Å². The molecule has 6 nitrogen and oxygen atoms in total. The van der Waals surface area contributed by atoms with E-state index in [9.17, 15) is 17.2 Å². The van der Waals surface area contributed by atoms with Gasteiger partial charge in [-0.2, -0.15) is 0 Å². The second-order valence-corrected chi connectivity index (χ2v) is 9.63. The van der Waals surface area contributed by atoms with Crippen molar-refractivity contribution in [2.24, 2.45) is 4.99 Å². The summed E-state index contributed by atoms with van der Waals surface area (Å²) in [6, 6.07) is 2.30. The molecule has 10 heteroatoms. The monoisotopic (exact) mass is 412 g/mol. The van der Waals surface area contributed by atoms with Crippen LogP contribution in [-0.2, 0) is 19.3 Å². The van der Waals surface area contributed by atoms with E-state index in [1.165, 1.54) is 0 Å².